The van der Waals surface area contributed by atoms with Gasteiger partial charge in [0.05, 0.1) is 10.4 Å². The first-order valence-electron chi connectivity index (χ1n) is 6.50. The van der Waals surface area contributed by atoms with Gasteiger partial charge in [0, 0.05) is 36.3 Å². The van der Waals surface area contributed by atoms with Crippen molar-refractivity contribution in [3.63, 3.8) is 0 Å². The van der Waals surface area contributed by atoms with E-state index in [9.17, 15) is 14.5 Å². The largest absolute Gasteiger partial charge is 0.457 e. The lowest BCUT2D eigenvalue weighted by Crippen LogP contribution is -1.97. The molecule has 0 atom stereocenters. The fourth-order valence-electron chi connectivity index (χ4n) is 2.21. The summed E-state index contributed by atoms with van der Waals surface area (Å²) in [4.78, 5) is 9.95. The summed E-state index contributed by atoms with van der Waals surface area (Å²) in [6, 6.07) is 7.79. The second-order valence-corrected chi connectivity index (χ2v) is 4.90. The zero-order valence-electron chi connectivity index (χ0n) is 11.9. The molecule has 1 heterocycles. The number of aryl methyl sites for hydroxylation is 1. The highest BCUT2D eigenvalue weighted by molar-refractivity contribution is 5.79. The lowest BCUT2D eigenvalue weighted by atomic mass is 10.2. The van der Waals surface area contributed by atoms with Crippen LogP contribution in [-0.4, -0.2) is 14.7 Å². The highest BCUT2D eigenvalue weighted by atomic mass is 19.1. The number of halogens is 1. The van der Waals surface area contributed by atoms with E-state index in [-0.39, 0.29) is 11.3 Å². The number of nitro benzene ring substituents is 1. The fourth-order valence-corrected chi connectivity index (χ4v) is 2.21. The molecule has 1 aromatic heterocycles. The summed E-state index contributed by atoms with van der Waals surface area (Å²) >= 11 is 0. The zero-order chi connectivity index (χ0) is 15.9. The van der Waals surface area contributed by atoms with Crippen LogP contribution in [0, 0.1) is 22.9 Å². The molecule has 112 valence electrons. The Balaban J connectivity index is 1.97. The van der Waals surface area contributed by atoms with E-state index in [2.05, 4.69) is 5.10 Å². The molecule has 0 radical (unpaired) electrons. The smallest absolute Gasteiger partial charge is 0.305 e. The van der Waals surface area contributed by atoms with Gasteiger partial charge in [-0.2, -0.15) is 9.49 Å². The molecule has 0 amide bonds. The Hall–Kier alpha value is -2.96. The lowest BCUT2D eigenvalue weighted by Gasteiger charge is -2.09. The first-order valence-corrected chi connectivity index (χ1v) is 6.50. The quantitative estimate of drug-likeness (QED) is 0.546. The van der Waals surface area contributed by atoms with Crippen molar-refractivity contribution in [2.75, 3.05) is 0 Å². The van der Waals surface area contributed by atoms with Gasteiger partial charge in [-0.05, 0) is 25.1 Å². The third-order valence-corrected chi connectivity index (χ3v) is 3.33. The van der Waals surface area contributed by atoms with E-state index in [1.54, 1.807) is 16.8 Å². The maximum atomic E-state index is 13.9. The lowest BCUT2D eigenvalue weighted by molar-refractivity contribution is -0.387. The van der Waals surface area contributed by atoms with E-state index in [0.29, 0.717) is 5.75 Å². The van der Waals surface area contributed by atoms with Gasteiger partial charge in [-0.1, -0.05) is 0 Å². The summed E-state index contributed by atoms with van der Waals surface area (Å²) in [5.74, 6) is -0.164. The van der Waals surface area contributed by atoms with E-state index < -0.39 is 16.4 Å². The number of benzene rings is 2. The monoisotopic (exact) mass is 301 g/mol. The zero-order valence-corrected chi connectivity index (χ0v) is 11.9. The standard InChI is InChI=1S/C15H12FN3O3/c1-9-14(6-5-13(15(9)16)19(20)21)22-11-4-3-10-8-18(2)17-12(10)7-11/h3-8H,1-2H3. The molecule has 0 spiro atoms. The third kappa shape index (κ3) is 2.37. The van der Waals surface area contributed by atoms with E-state index in [4.69, 9.17) is 4.74 Å². The Morgan fingerprint density at radius 3 is 2.82 bits per heavy atom. The molecule has 0 saturated carbocycles. The van der Waals surface area contributed by atoms with E-state index in [1.807, 2.05) is 19.3 Å². The van der Waals surface area contributed by atoms with Gasteiger partial charge in [-0.3, -0.25) is 14.8 Å². The molecule has 0 saturated heterocycles. The predicted molar refractivity (Wildman–Crippen MR) is 78.6 cm³/mol. The molecular weight excluding hydrogens is 289 g/mol. The second kappa shape index (κ2) is 5.10. The van der Waals surface area contributed by atoms with Gasteiger partial charge < -0.3 is 4.74 Å². The van der Waals surface area contributed by atoms with Crippen LogP contribution >= 0.6 is 0 Å². The van der Waals surface area contributed by atoms with E-state index in [1.165, 1.54) is 13.0 Å². The van der Waals surface area contributed by atoms with Crippen molar-refractivity contribution in [1.29, 1.82) is 0 Å². The molecule has 0 unspecified atom stereocenters. The maximum Gasteiger partial charge on any atom is 0.305 e. The molecule has 0 bridgehead atoms. The van der Waals surface area contributed by atoms with Gasteiger partial charge in [-0.15, -0.1) is 0 Å². The fraction of sp³-hybridized carbons (Fsp3) is 0.133. The van der Waals surface area contributed by atoms with Crippen LogP contribution in [-0.2, 0) is 7.05 Å². The molecule has 3 rings (SSSR count). The molecular formula is C15H12FN3O3. The summed E-state index contributed by atoms with van der Waals surface area (Å²) in [6.07, 6.45) is 1.87. The van der Waals surface area contributed by atoms with Crippen LogP contribution in [0.1, 0.15) is 5.56 Å². The number of hydrogen-bond acceptors (Lipinski definition) is 4. The average Bonchev–Trinajstić information content (AvgIpc) is 2.83. The summed E-state index contributed by atoms with van der Waals surface area (Å²) < 4.78 is 21.3. The number of hydrogen-bond donors (Lipinski definition) is 0. The van der Waals surface area contributed by atoms with Crippen molar-refractivity contribution in [3.05, 3.63) is 58.0 Å². The number of nitro groups is 1. The van der Waals surface area contributed by atoms with Gasteiger partial charge in [0.2, 0.25) is 5.82 Å². The molecule has 0 aliphatic heterocycles. The first-order chi connectivity index (χ1) is 10.5. The topological polar surface area (TPSA) is 70.2 Å². The first kappa shape index (κ1) is 14.0. The number of fused-ring (bicyclic) bond motifs is 1. The molecule has 0 aliphatic rings. The van der Waals surface area contributed by atoms with Gasteiger partial charge >= 0.3 is 5.69 Å². The van der Waals surface area contributed by atoms with Gasteiger partial charge in [0.15, 0.2) is 0 Å². The third-order valence-electron chi connectivity index (χ3n) is 3.33. The predicted octanol–water partition coefficient (Wildman–Crippen LogP) is 3.72. The minimum absolute atomic E-state index is 0.0929. The summed E-state index contributed by atoms with van der Waals surface area (Å²) in [7, 11) is 1.82. The van der Waals surface area contributed by atoms with Crippen LogP contribution in [0.25, 0.3) is 10.9 Å². The van der Waals surface area contributed by atoms with Crippen molar-refractivity contribution in [1.82, 2.24) is 9.78 Å². The van der Waals surface area contributed by atoms with Gasteiger partial charge in [0.1, 0.15) is 11.5 Å². The molecule has 22 heavy (non-hydrogen) atoms. The van der Waals surface area contributed by atoms with Crippen LogP contribution < -0.4 is 4.74 Å². The normalized spacial score (nSPS) is 10.9. The Kier molecular flexibility index (Phi) is 3.25. The van der Waals surface area contributed by atoms with Crippen LogP contribution in [0.5, 0.6) is 11.5 Å². The average molecular weight is 301 g/mol. The molecule has 0 fully saturated rings. The molecule has 7 heteroatoms. The van der Waals surface area contributed by atoms with Crippen molar-refractivity contribution >= 4 is 16.6 Å². The summed E-state index contributed by atoms with van der Waals surface area (Å²) in [6.45, 7) is 1.44. The molecule has 3 aromatic rings. The minimum atomic E-state index is -0.888. The highest BCUT2D eigenvalue weighted by Gasteiger charge is 2.19. The van der Waals surface area contributed by atoms with Crippen LogP contribution in [0.3, 0.4) is 0 Å². The number of nitrogens with zero attached hydrogens (tertiary/aromatic N) is 3. The van der Waals surface area contributed by atoms with Crippen LogP contribution in [0.15, 0.2) is 36.5 Å². The summed E-state index contributed by atoms with van der Waals surface area (Å²) in [5, 5.41) is 15.9. The Morgan fingerprint density at radius 1 is 1.32 bits per heavy atom. The SMILES string of the molecule is Cc1c(Oc2ccc3cn(C)nc3c2)ccc([N+](=O)[O-])c1F. The Labute approximate surface area is 124 Å². The van der Waals surface area contributed by atoms with E-state index >= 15 is 0 Å². The van der Waals surface area contributed by atoms with Crippen LogP contribution in [0.2, 0.25) is 0 Å². The highest BCUT2D eigenvalue weighted by Crippen LogP contribution is 2.32. The van der Waals surface area contributed by atoms with Crippen molar-refractivity contribution in [2.45, 2.75) is 6.92 Å². The van der Waals surface area contributed by atoms with Crippen molar-refractivity contribution < 1.29 is 14.1 Å². The van der Waals surface area contributed by atoms with Crippen LogP contribution in [0.4, 0.5) is 10.1 Å². The van der Waals surface area contributed by atoms with Gasteiger partial charge in [-0.25, -0.2) is 0 Å². The van der Waals surface area contributed by atoms with Crippen molar-refractivity contribution in [3.8, 4) is 11.5 Å². The number of rotatable bonds is 3. The molecule has 0 aliphatic carbocycles. The number of aromatic nitrogens is 2. The number of ether oxygens (including phenoxy) is 1. The molecule has 0 N–H and O–H groups in total. The molecule has 6 nitrogen and oxygen atoms in total. The minimum Gasteiger partial charge on any atom is -0.457 e. The van der Waals surface area contributed by atoms with Crippen molar-refractivity contribution in [2.24, 2.45) is 7.05 Å². The molecule has 2 aromatic carbocycles. The Bertz CT molecular complexity index is 889. The van der Waals surface area contributed by atoms with Gasteiger partial charge in [0.25, 0.3) is 0 Å². The summed E-state index contributed by atoms with van der Waals surface area (Å²) in [5.41, 5.74) is 0.278. The van der Waals surface area contributed by atoms with E-state index in [0.717, 1.165) is 17.0 Å². The Morgan fingerprint density at radius 2 is 2.09 bits per heavy atom. The maximum absolute atomic E-state index is 13.9. The second-order valence-electron chi connectivity index (χ2n) is 4.90.